The van der Waals surface area contributed by atoms with Gasteiger partial charge in [0, 0.05) is 11.4 Å². The first-order valence-corrected chi connectivity index (χ1v) is 10.4. The minimum atomic E-state index is -0.476. The molecule has 2 aromatic heterocycles. The van der Waals surface area contributed by atoms with Crippen molar-refractivity contribution in [1.29, 1.82) is 0 Å². The van der Waals surface area contributed by atoms with E-state index in [0.717, 1.165) is 11.4 Å². The molecule has 0 aliphatic heterocycles. The molecule has 5 aromatic rings. The van der Waals surface area contributed by atoms with Gasteiger partial charge in [0.2, 0.25) is 5.95 Å². The lowest BCUT2D eigenvalue weighted by Crippen LogP contribution is -2.23. The maximum absolute atomic E-state index is 13.5. The Morgan fingerprint density at radius 3 is 2.44 bits per heavy atom. The SMILES string of the molecule is COc1ccc(Nc2ncc3nc(Oc4ccccc4)c(=O)n(-c4cccc(N)c4)c3n2)cc1. The molecule has 9 heteroatoms. The highest BCUT2D eigenvalue weighted by Gasteiger charge is 2.17. The van der Waals surface area contributed by atoms with Crippen LogP contribution in [-0.2, 0) is 0 Å². The Hall–Kier alpha value is -4.92. The van der Waals surface area contributed by atoms with Crippen LogP contribution in [0.4, 0.5) is 17.3 Å². The van der Waals surface area contributed by atoms with Crippen LogP contribution in [0.2, 0.25) is 0 Å². The third-order valence-electron chi connectivity index (χ3n) is 5.00. The van der Waals surface area contributed by atoms with Crippen molar-refractivity contribution in [3.05, 3.63) is 95.4 Å². The van der Waals surface area contributed by atoms with Gasteiger partial charge in [0.1, 0.15) is 17.0 Å². The Bertz CT molecular complexity index is 1520. The summed E-state index contributed by atoms with van der Waals surface area (Å²) in [5.41, 5.74) is 8.00. The number of nitrogens with zero attached hydrogens (tertiary/aromatic N) is 4. The van der Waals surface area contributed by atoms with Gasteiger partial charge in [-0.05, 0) is 54.6 Å². The van der Waals surface area contributed by atoms with Crippen molar-refractivity contribution in [2.75, 3.05) is 18.2 Å². The second-order valence-electron chi connectivity index (χ2n) is 7.32. The van der Waals surface area contributed by atoms with Crippen molar-refractivity contribution < 1.29 is 9.47 Å². The van der Waals surface area contributed by atoms with Crippen LogP contribution in [0.25, 0.3) is 16.9 Å². The maximum atomic E-state index is 13.5. The molecule has 0 saturated carbocycles. The molecule has 3 aromatic carbocycles. The summed E-state index contributed by atoms with van der Waals surface area (Å²) in [5.74, 6) is 1.42. The zero-order chi connectivity index (χ0) is 23.5. The highest BCUT2D eigenvalue weighted by atomic mass is 16.5. The first-order chi connectivity index (χ1) is 16.6. The third kappa shape index (κ3) is 4.22. The molecule has 9 nitrogen and oxygen atoms in total. The monoisotopic (exact) mass is 452 g/mol. The Kier molecular flexibility index (Phi) is 5.49. The third-order valence-corrected chi connectivity index (χ3v) is 5.00. The number of methoxy groups -OCH3 is 1. The van der Waals surface area contributed by atoms with E-state index in [-0.39, 0.29) is 5.88 Å². The fourth-order valence-corrected chi connectivity index (χ4v) is 3.39. The number of para-hydroxylation sites is 1. The smallest absolute Gasteiger partial charge is 0.319 e. The summed E-state index contributed by atoms with van der Waals surface area (Å²) in [6.07, 6.45) is 1.54. The number of anilines is 3. The van der Waals surface area contributed by atoms with E-state index in [1.807, 2.05) is 42.5 Å². The van der Waals surface area contributed by atoms with Gasteiger partial charge < -0.3 is 20.5 Å². The summed E-state index contributed by atoms with van der Waals surface area (Å²) in [7, 11) is 1.60. The van der Waals surface area contributed by atoms with Crippen molar-refractivity contribution in [3.63, 3.8) is 0 Å². The van der Waals surface area contributed by atoms with Gasteiger partial charge >= 0.3 is 5.56 Å². The van der Waals surface area contributed by atoms with Crippen LogP contribution in [0.15, 0.2) is 89.9 Å². The Morgan fingerprint density at radius 2 is 1.71 bits per heavy atom. The van der Waals surface area contributed by atoms with Gasteiger partial charge in [-0.25, -0.2) is 9.97 Å². The molecule has 0 aliphatic rings. The predicted molar refractivity (Wildman–Crippen MR) is 130 cm³/mol. The number of nitrogens with one attached hydrogen (secondary N) is 1. The second-order valence-corrected chi connectivity index (χ2v) is 7.32. The minimum Gasteiger partial charge on any atom is -0.497 e. The number of hydrogen-bond donors (Lipinski definition) is 2. The highest BCUT2D eigenvalue weighted by Crippen LogP contribution is 2.23. The van der Waals surface area contributed by atoms with E-state index >= 15 is 0 Å². The molecule has 0 saturated heterocycles. The van der Waals surface area contributed by atoms with E-state index in [1.54, 1.807) is 43.5 Å². The molecule has 0 aliphatic carbocycles. The number of ether oxygens (including phenoxy) is 2. The van der Waals surface area contributed by atoms with E-state index in [9.17, 15) is 4.79 Å². The fraction of sp³-hybridized carbons (Fsp3) is 0.0400. The molecule has 5 rings (SSSR count). The van der Waals surface area contributed by atoms with Gasteiger partial charge in [-0.2, -0.15) is 4.98 Å². The Morgan fingerprint density at radius 1 is 0.912 bits per heavy atom. The van der Waals surface area contributed by atoms with E-state index in [4.69, 9.17) is 15.2 Å². The maximum Gasteiger partial charge on any atom is 0.319 e. The highest BCUT2D eigenvalue weighted by molar-refractivity contribution is 5.74. The number of benzene rings is 3. The zero-order valence-electron chi connectivity index (χ0n) is 18.2. The van der Waals surface area contributed by atoms with Crippen molar-refractivity contribution >= 4 is 28.5 Å². The lowest BCUT2D eigenvalue weighted by Gasteiger charge is -2.13. The number of rotatable bonds is 6. The first kappa shape index (κ1) is 21.0. The van der Waals surface area contributed by atoms with Gasteiger partial charge in [0.05, 0.1) is 19.0 Å². The predicted octanol–water partition coefficient (Wildman–Crippen LogP) is 4.30. The summed E-state index contributed by atoms with van der Waals surface area (Å²) in [4.78, 5) is 26.8. The van der Waals surface area contributed by atoms with Crippen LogP contribution in [0, 0.1) is 0 Å². The van der Waals surface area contributed by atoms with Gasteiger partial charge in [0.25, 0.3) is 5.88 Å². The van der Waals surface area contributed by atoms with E-state index < -0.39 is 5.56 Å². The molecule has 3 N–H and O–H groups in total. The largest absolute Gasteiger partial charge is 0.497 e. The number of nitrogen functional groups attached to an aromatic ring is 1. The van der Waals surface area contributed by atoms with Crippen molar-refractivity contribution in [3.8, 4) is 23.1 Å². The normalized spacial score (nSPS) is 10.7. The van der Waals surface area contributed by atoms with Crippen molar-refractivity contribution in [2.45, 2.75) is 0 Å². The average Bonchev–Trinajstić information content (AvgIpc) is 2.86. The van der Waals surface area contributed by atoms with Gasteiger partial charge in [-0.1, -0.05) is 24.3 Å². The summed E-state index contributed by atoms with van der Waals surface area (Å²) < 4.78 is 12.4. The Balaban J connectivity index is 1.64. The molecule has 0 unspecified atom stereocenters. The summed E-state index contributed by atoms with van der Waals surface area (Å²) in [6.45, 7) is 0. The molecular weight excluding hydrogens is 432 g/mol. The topological polar surface area (TPSA) is 117 Å². The van der Waals surface area contributed by atoms with Crippen LogP contribution >= 0.6 is 0 Å². The van der Waals surface area contributed by atoms with Crippen LogP contribution in [-0.4, -0.2) is 26.6 Å². The molecule has 0 fully saturated rings. The molecule has 0 radical (unpaired) electrons. The second kappa shape index (κ2) is 8.91. The standard InChI is InChI=1S/C25H20N6O3/c1-33-19-12-10-17(11-13-19)28-25-27-15-21-22(30-25)31(18-7-5-6-16(26)14-18)24(32)23(29-21)34-20-8-3-2-4-9-20/h2-15H,26H2,1H3,(H,27,28,30). The minimum absolute atomic E-state index is 0.0967. The Labute approximate surface area is 194 Å². The lowest BCUT2D eigenvalue weighted by atomic mass is 10.2. The van der Waals surface area contributed by atoms with E-state index in [1.165, 1.54) is 10.8 Å². The average molecular weight is 452 g/mol. The molecule has 2 heterocycles. The lowest BCUT2D eigenvalue weighted by molar-refractivity contribution is 0.415. The molecule has 0 spiro atoms. The summed E-state index contributed by atoms with van der Waals surface area (Å²) >= 11 is 0. The van der Waals surface area contributed by atoms with Crippen LogP contribution in [0.5, 0.6) is 17.4 Å². The van der Waals surface area contributed by atoms with Crippen LogP contribution in [0.3, 0.4) is 0 Å². The van der Waals surface area contributed by atoms with Gasteiger partial charge in [-0.3, -0.25) is 9.36 Å². The fourth-order valence-electron chi connectivity index (χ4n) is 3.39. The number of hydrogen-bond acceptors (Lipinski definition) is 8. The van der Waals surface area contributed by atoms with Gasteiger partial charge in [0.15, 0.2) is 5.65 Å². The zero-order valence-corrected chi connectivity index (χ0v) is 18.2. The molecule has 0 amide bonds. The quantitative estimate of drug-likeness (QED) is 0.366. The molecule has 34 heavy (non-hydrogen) atoms. The van der Waals surface area contributed by atoms with E-state index in [0.29, 0.717) is 34.2 Å². The molecular formula is C25H20N6O3. The molecule has 0 atom stereocenters. The van der Waals surface area contributed by atoms with Gasteiger partial charge in [-0.15, -0.1) is 0 Å². The van der Waals surface area contributed by atoms with Crippen LogP contribution < -0.4 is 26.1 Å². The molecule has 0 bridgehead atoms. The number of aromatic nitrogens is 4. The van der Waals surface area contributed by atoms with Crippen molar-refractivity contribution in [1.82, 2.24) is 19.5 Å². The molecule has 168 valence electrons. The van der Waals surface area contributed by atoms with Crippen molar-refractivity contribution in [2.24, 2.45) is 0 Å². The number of nitrogens with two attached hydrogens (primary N) is 1. The summed E-state index contributed by atoms with van der Waals surface area (Å²) in [5, 5.41) is 3.13. The summed E-state index contributed by atoms with van der Waals surface area (Å²) in [6, 6.07) is 23.2. The van der Waals surface area contributed by atoms with Crippen LogP contribution in [0.1, 0.15) is 0 Å². The first-order valence-electron chi connectivity index (χ1n) is 10.4. The van der Waals surface area contributed by atoms with E-state index in [2.05, 4.69) is 20.3 Å². The number of fused-ring (bicyclic) bond motifs is 1.